The summed E-state index contributed by atoms with van der Waals surface area (Å²) in [6.07, 6.45) is -4.29. The number of carbonyl (C=O) groups excluding carboxylic acids is 1. The number of benzene rings is 2. The minimum Gasteiger partial charge on any atom is -0.404 e. The molecule has 0 radical (unpaired) electrons. The van der Waals surface area contributed by atoms with Crippen molar-refractivity contribution in [2.24, 2.45) is 0 Å². The van der Waals surface area contributed by atoms with Crippen molar-refractivity contribution in [2.75, 3.05) is 5.32 Å². The van der Waals surface area contributed by atoms with Gasteiger partial charge in [0.1, 0.15) is 0 Å². The van der Waals surface area contributed by atoms with Gasteiger partial charge in [0.05, 0.1) is 10.6 Å². The Labute approximate surface area is 160 Å². The molecule has 2 rings (SSSR count). The number of carbonyl (C=O) groups is 1. The molecule has 0 heterocycles. The Bertz CT molecular complexity index is 929. The zero-order valence-corrected chi connectivity index (χ0v) is 15.9. The average molecular weight is 416 g/mol. The minimum absolute atomic E-state index is 0.0230. The third-order valence-electron chi connectivity index (χ3n) is 3.76. The molecule has 0 aromatic heterocycles. The van der Waals surface area contributed by atoms with E-state index in [-0.39, 0.29) is 22.2 Å². The molecule has 1 amide bonds. The fourth-order valence-electron chi connectivity index (χ4n) is 2.18. The fraction of sp³-hybridized carbons (Fsp3) is 0.278. The first-order valence-electron chi connectivity index (χ1n) is 8.30. The smallest absolute Gasteiger partial charge is 0.404 e. The molecule has 0 bridgehead atoms. The minimum atomic E-state index is -4.90. The van der Waals surface area contributed by atoms with Gasteiger partial charge in [-0.05, 0) is 49.7 Å². The van der Waals surface area contributed by atoms with Crippen LogP contribution in [0.3, 0.4) is 0 Å². The Hall–Kier alpha value is -2.59. The van der Waals surface area contributed by atoms with Gasteiger partial charge in [-0.25, -0.2) is 13.1 Å². The number of hydrogen-bond donors (Lipinski definition) is 2. The van der Waals surface area contributed by atoms with Gasteiger partial charge in [0.2, 0.25) is 10.0 Å². The summed E-state index contributed by atoms with van der Waals surface area (Å²) in [6.45, 7) is 3.56. The van der Waals surface area contributed by atoms with Crippen molar-refractivity contribution in [2.45, 2.75) is 37.6 Å². The number of nitrogens with one attached hydrogen (secondary N) is 2. The van der Waals surface area contributed by atoms with Crippen LogP contribution in [0.2, 0.25) is 0 Å². The first-order valence-corrected chi connectivity index (χ1v) is 9.78. The van der Waals surface area contributed by atoms with Gasteiger partial charge in [0.25, 0.3) is 5.91 Å². The van der Waals surface area contributed by atoms with Crippen LogP contribution in [0.25, 0.3) is 0 Å². The number of anilines is 1. The summed E-state index contributed by atoms with van der Waals surface area (Å²) in [6, 6.07) is 9.89. The van der Waals surface area contributed by atoms with E-state index < -0.39 is 28.0 Å². The lowest BCUT2D eigenvalue weighted by Crippen LogP contribution is -2.32. The lowest BCUT2D eigenvalue weighted by atomic mass is 10.2. The predicted molar refractivity (Wildman–Crippen MR) is 97.6 cm³/mol. The molecule has 0 aliphatic rings. The van der Waals surface area contributed by atoms with Gasteiger partial charge in [-0.2, -0.15) is 0 Å². The highest BCUT2D eigenvalue weighted by Gasteiger charge is 2.32. The van der Waals surface area contributed by atoms with Crippen LogP contribution in [0.5, 0.6) is 5.75 Å². The van der Waals surface area contributed by atoms with E-state index in [2.05, 4.69) is 14.8 Å². The summed E-state index contributed by atoms with van der Waals surface area (Å²) in [4.78, 5) is 12.3. The molecular weight excluding hydrogens is 397 g/mol. The average Bonchev–Trinajstić information content (AvgIpc) is 2.61. The summed E-state index contributed by atoms with van der Waals surface area (Å²) in [5.74, 6) is -1.27. The van der Waals surface area contributed by atoms with Crippen molar-refractivity contribution in [1.82, 2.24) is 4.72 Å². The van der Waals surface area contributed by atoms with E-state index in [1.54, 1.807) is 6.92 Å². The number of halogens is 3. The highest BCUT2D eigenvalue weighted by atomic mass is 32.2. The zero-order valence-electron chi connectivity index (χ0n) is 15.1. The largest absolute Gasteiger partial charge is 0.573 e. The standard InChI is InChI=1S/C18H19F3N2O4S/c1-3-12(2)23-28(25,26)14-10-8-13(9-11-14)17(24)22-15-6-4-5-7-16(15)27-18(19,20)21/h4-12,23H,3H2,1-2H3,(H,22,24). The van der Waals surface area contributed by atoms with E-state index in [1.165, 1.54) is 42.5 Å². The number of sulfonamides is 1. The summed E-state index contributed by atoms with van der Waals surface area (Å²) < 4.78 is 68.2. The van der Waals surface area contributed by atoms with Gasteiger partial charge in [-0.3, -0.25) is 4.79 Å². The van der Waals surface area contributed by atoms with Gasteiger partial charge in [0.15, 0.2) is 5.75 Å². The third-order valence-corrected chi connectivity index (χ3v) is 5.36. The number of para-hydroxylation sites is 2. The molecule has 1 atom stereocenters. The zero-order chi connectivity index (χ0) is 20.9. The summed E-state index contributed by atoms with van der Waals surface area (Å²) in [5.41, 5.74) is -0.0933. The molecule has 0 saturated heterocycles. The van der Waals surface area contributed by atoms with Crippen LogP contribution in [0.1, 0.15) is 30.6 Å². The molecule has 152 valence electrons. The molecular formula is C18H19F3N2O4S. The lowest BCUT2D eigenvalue weighted by molar-refractivity contribution is -0.274. The SMILES string of the molecule is CCC(C)NS(=O)(=O)c1ccc(C(=O)Nc2ccccc2OC(F)(F)F)cc1. The molecule has 2 aromatic carbocycles. The Morgan fingerprint density at radius 3 is 2.29 bits per heavy atom. The van der Waals surface area contributed by atoms with Crippen molar-refractivity contribution in [3.8, 4) is 5.75 Å². The van der Waals surface area contributed by atoms with Crippen molar-refractivity contribution in [3.05, 3.63) is 54.1 Å². The Morgan fingerprint density at radius 1 is 1.11 bits per heavy atom. The molecule has 28 heavy (non-hydrogen) atoms. The third kappa shape index (κ3) is 5.96. The molecule has 0 spiro atoms. The quantitative estimate of drug-likeness (QED) is 0.717. The maximum atomic E-state index is 12.5. The fourth-order valence-corrected chi connectivity index (χ4v) is 3.51. The van der Waals surface area contributed by atoms with Crippen molar-refractivity contribution >= 4 is 21.6 Å². The highest BCUT2D eigenvalue weighted by Crippen LogP contribution is 2.30. The molecule has 2 N–H and O–H groups in total. The van der Waals surface area contributed by atoms with E-state index in [9.17, 15) is 26.4 Å². The Kier molecular flexibility index (Phi) is 6.68. The lowest BCUT2D eigenvalue weighted by Gasteiger charge is -2.14. The van der Waals surface area contributed by atoms with E-state index in [1.807, 2.05) is 6.92 Å². The van der Waals surface area contributed by atoms with Gasteiger partial charge < -0.3 is 10.1 Å². The van der Waals surface area contributed by atoms with Crippen LogP contribution in [0.4, 0.5) is 18.9 Å². The molecule has 0 fully saturated rings. The molecule has 0 aliphatic carbocycles. The molecule has 1 unspecified atom stereocenters. The second-order valence-electron chi connectivity index (χ2n) is 5.95. The molecule has 6 nitrogen and oxygen atoms in total. The van der Waals surface area contributed by atoms with Crippen LogP contribution in [0.15, 0.2) is 53.4 Å². The number of ether oxygens (including phenoxy) is 1. The Morgan fingerprint density at radius 2 is 1.71 bits per heavy atom. The number of rotatable bonds is 7. The first kappa shape index (κ1) is 21.7. The normalized spacial score (nSPS) is 13.0. The molecule has 0 aliphatic heterocycles. The Balaban J connectivity index is 2.17. The first-order chi connectivity index (χ1) is 13.0. The van der Waals surface area contributed by atoms with Crippen LogP contribution in [-0.4, -0.2) is 26.7 Å². The number of alkyl halides is 3. The second kappa shape index (κ2) is 8.61. The van der Waals surface area contributed by atoms with E-state index in [0.29, 0.717) is 6.42 Å². The van der Waals surface area contributed by atoms with Crippen molar-refractivity contribution < 1.29 is 31.1 Å². The molecule has 0 saturated carbocycles. The van der Waals surface area contributed by atoms with E-state index in [0.717, 1.165) is 6.07 Å². The van der Waals surface area contributed by atoms with Gasteiger partial charge in [-0.15, -0.1) is 13.2 Å². The second-order valence-corrected chi connectivity index (χ2v) is 7.67. The van der Waals surface area contributed by atoms with Gasteiger partial charge in [0, 0.05) is 11.6 Å². The van der Waals surface area contributed by atoms with Crippen LogP contribution in [0, 0.1) is 0 Å². The van der Waals surface area contributed by atoms with Crippen molar-refractivity contribution in [3.63, 3.8) is 0 Å². The summed E-state index contributed by atoms with van der Waals surface area (Å²) in [7, 11) is -3.73. The maximum absolute atomic E-state index is 12.5. The van der Waals surface area contributed by atoms with Gasteiger partial charge in [-0.1, -0.05) is 19.1 Å². The highest BCUT2D eigenvalue weighted by molar-refractivity contribution is 7.89. The number of amides is 1. The maximum Gasteiger partial charge on any atom is 0.573 e. The summed E-state index contributed by atoms with van der Waals surface area (Å²) in [5, 5.41) is 2.32. The molecule has 2 aromatic rings. The van der Waals surface area contributed by atoms with Crippen LogP contribution >= 0.6 is 0 Å². The van der Waals surface area contributed by atoms with E-state index >= 15 is 0 Å². The van der Waals surface area contributed by atoms with E-state index in [4.69, 9.17) is 0 Å². The van der Waals surface area contributed by atoms with Crippen molar-refractivity contribution in [1.29, 1.82) is 0 Å². The van der Waals surface area contributed by atoms with Crippen LogP contribution in [-0.2, 0) is 10.0 Å². The predicted octanol–water partition coefficient (Wildman–Crippen LogP) is 3.91. The molecule has 10 heteroatoms. The van der Waals surface area contributed by atoms with Gasteiger partial charge >= 0.3 is 6.36 Å². The van der Waals surface area contributed by atoms with Crippen LogP contribution < -0.4 is 14.8 Å². The summed E-state index contributed by atoms with van der Waals surface area (Å²) >= 11 is 0. The number of hydrogen-bond acceptors (Lipinski definition) is 4. The monoisotopic (exact) mass is 416 g/mol. The topological polar surface area (TPSA) is 84.5 Å².